The Kier molecular flexibility index (Phi) is 6.95. The lowest BCUT2D eigenvalue weighted by molar-refractivity contribution is 0.141. The Morgan fingerprint density at radius 2 is 1.72 bits per heavy atom. The highest BCUT2D eigenvalue weighted by Gasteiger charge is 2.45. The quantitative estimate of drug-likeness (QED) is 0.230. The van der Waals surface area contributed by atoms with Crippen LogP contribution in [0, 0.1) is 11.2 Å². The molecule has 4 aromatic rings. The van der Waals surface area contributed by atoms with Crippen molar-refractivity contribution >= 4 is 43.4 Å². The van der Waals surface area contributed by atoms with Gasteiger partial charge in [0.1, 0.15) is 17.1 Å². The van der Waals surface area contributed by atoms with E-state index in [1.807, 2.05) is 30.3 Å². The molecule has 4 aliphatic rings. The highest BCUT2D eigenvalue weighted by molar-refractivity contribution is 9.09. The van der Waals surface area contributed by atoms with Gasteiger partial charge in [0, 0.05) is 52.9 Å². The minimum atomic E-state index is -0.418. The van der Waals surface area contributed by atoms with Crippen LogP contribution >= 0.6 is 15.9 Å². The highest BCUT2D eigenvalue weighted by Crippen LogP contribution is 2.47. The molecular formula is C34H37BrFN5O2. The van der Waals surface area contributed by atoms with E-state index in [9.17, 15) is 5.11 Å². The summed E-state index contributed by atoms with van der Waals surface area (Å²) < 4.78 is 23.1. The monoisotopic (exact) mass is 645 g/mol. The lowest BCUT2D eigenvalue weighted by Crippen LogP contribution is -2.51. The number of piperazine rings is 1. The van der Waals surface area contributed by atoms with Crippen LogP contribution in [0.1, 0.15) is 38.5 Å². The van der Waals surface area contributed by atoms with Crippen LogP contribution < -0.4 is 15.0 Å². The Balaban J connectivity index is 1.17. The number of alkyl halides is 1. The van der Waals surface area contributed by atoms with Gasteiger partial charge in [-0.15, -0.1) is 0 Å². The Bertz CT molecular complexity index is 1680. The Labute approximate surface area is 259 Å². The molecule has 9 heteroatoms. The first kappa shape index (κ1) is 27.5. The van der Waals surface area contributed by atoms with Gasteiger partial charge in [0.15, 0.2) is 5.82 Å². The maximum absolute atomic E-state index is 16.7. The minimum Gasteiger partial charge on any atom is -0.508 e. The van der Waals surface area contributed by atoms with Crippen LogP contribution in [-0.2, 0) is 0 Å². The summed E-state index contributed by atoms with van der Waals surface area (Å²) in [6, 6.07) is 15.9. The van der Waals surface area contributed by atoms with Crippen LogP contribution in [0.4, 0.5) is 10.2 Å². The van der Waals surface area contributed by atoms with Crippen molar-refractivity contribution in [2.24, 2.45) is 5.41 Å². The fourth-order valence-electron chi connectivity index (χ4n) is 7.40. The largest absolute Gasteiger partial charge is 0.508 e. The van der Waals surface area contributed by atoms with Crippen LogP contribution in [0.2, 0.25) is 0 Å². The first-order chi connectivity index (χ1) is 20.9. The molecule has 2 N–H and O–H groups in total. The second-order valence-electron chi connectivity index (χ2n) is 13.1. The number of fused-ring (bicyclic) bond motifs is 4. The van der Waals surface area contributed by atoms with Crippen molar-refractivity contribution in [2.45, 2.75) is 55.4 Å². The van der Waals surface area contributed by atoms with Gasteiger partial charge in [0.2, 0.25) is 0 Å². The summed E-state index contributed by atoms with van der Waals surface area (Å²) >= 11 is 3.76. The summed E-state index contributed by atoms with van der Waals surface area (Å²) in [6.07, 6.45) is 6.91. The maximum Gasteiger partial charge on any atom is 0.319 e. The number of phenolic OH excluding ortho intramolecular Hbond substituents is 1. The first-order valence-electron chi connectivity index (χ1n) is 15.7. The molecule has 7 nitrogen and oxygen atoms in total. The van der Waals surface area contributed by atoms with Gasteiger partial charge in [-0.3, -0.25) is 0 Å². The van der Waals surface area contributed by atoms with E-state index in [1.165, 1.54) is 12.8 Å². The lowest BCUT2D eigenvalue weighted by Gasteiger charge is -2.34. The van der Waals surface area contributed by atoms with E-state index < -0.39 is 5.82 Å². The fourth-order valence-corrected chi connectivity index (χ4v) is 7.81. The van der Waals surface area contributed by atoms with E-state index in [4.69, 9.17) is 14.7 Å². The molecule has 43 heavy (non-hydrogen) atoms. The normalized spacial score (nSPS) is 23.7. The Hall–Kier alpha value is -3.01. The molecule has 4 fully saturated rings. The molecule has 8 rings (SSSR count). The van der Waals surface area contributed by atoms with Gasteiger partial charge in [-0.05, 0) is 86.1 Å². The molecule has 1 aromatic heterocycles. The highest BCUT2D eigenvalue weighted by atomic mass is 79.9. The molecule has 3 saturated heterocycles. The molecule has 0 spiro atoms. The Morgan fingerprint density at radius 1 is 0.953 bits per heavy atom. The smallest absolute Gasteiger partial charge is 0.319 e. The van der Waals surface area contributed by atoms with Gasteiger partial charge >= 0.3 is 6.01 Å². The lowest BCUT2D eigenvalue weighted by atomic mass is 9.96. The average Bonchev–Trinajstić information content (AvgIpc) is 3.70. The number of aromatic hydroxyl groups is 1. The second kappa shape index (κ2) is 10.9. The van der Waals surface area contributed by atoms with Gasteiger partial charge in [0.05, 0.1) is 6.61 Å². The van der Waals surface area contributed by atoms with Crippen LogP contribution in [-0.4, -0.2) is 76.2 Å². The summed E-state index contributed by atoms with van der Waals surface area (Å²) in [6.45, 7) is 5.44. The molecule has 1 aliphatic carbocycles. The summed E-state index contributed by atoms with van der Waals surface area (Å²) in [5, 5.41) is 16.6. The van der Waals surface area contributed by atoms with Crippen molar-refractivity contribution in [1.82, 2.24) is 20.2 Å². The molecule has 2 bridgehead atoms. The van der Waals surface area contributed by atoms with E-state index in [-0.39, 0.29) is 22.7 Å². The topological polar surface area (TPSA) is 73.8 Å². The molecule has 0 amide bonds. The number of hydrogen-bond donors (Lipinski definition) is 2. The third kappa shape index (κ3) is 5.34. The zero-order valence-electron chi connectivity index (χ0n) is 24.2. The number of nitrogens with one attached hydrogen (secondary N) is 1. The summed E-state index contributed by atoms with van der Waals surface area (Å²) in [4.78, 5) is 15.2. The molecule has 1 saturated carbocycles. The molecule has 0 radical (unpaired) electrons. The van der Waals surface area contributed by atoms with Crippen LogP contribution in [0.3, 0.4) is 0 Å². The number of ether oxygens (including phenoxy) is 1. The molecule has 2 atom stereocenters. The number of halogens is 2. The van der Waals surface area contributed by atoms with Crippen LogP contribution in [0.15, 0.2) is 48.5 Å². The Morgan fingerprint density at radius 3 is 2.49 bits per heavy atom. The first-order valence-corrected chi connectivity index (χ1v) is 16.6. The molecular weight excluding hydrogens is 609 g/mol. The van der Waals surface area contributed by atoms with E-state index >= 15 is 4.39 Å². The number of anilines is 1. The number of phenols is 1. The molecule has 3 aliphatic heterocycles. The number of piperidine rings is 1. The summed E-state index contributed by atoms with van der Waals surface area (Å²) in [5.41, 5.74) is 1.43. The van der Waals surface area contributed by atoms with Crippen LogP contribution in [0.25, 0.3) is 32.8 Å². The van der Waals surface area contributed by atoms with Crippen LogP contribution in [0.5, 0.6) is 11.8 Å². The summed E-state index contributed by atoms with van der Waals surface area (Å²) in [5.74, 6) is 0.430. The van der Waals surface area contributed by atoms with E-state index in [0.717, 1.165) is 75.0 Å². The SMILES string of the molecule is Oc1cc(-c2ccc3c(N4CC5CCC(C4)N5)nc(OCC4(CN5CCC(Br)CC5)CC4)nc3c2F)c2ccccc2c1. The maximum atomic E-state index is 16.7. The predicted octanol–water partition coefficient (Wildman–Crippen LogP) is 6.25. The summed E-state index contributed by atoms with van der Waals surface area (Å²) in [7, 11) is 0. The number of hydrogen-bond acceptors (Lipinski definition) is 7. The van der Waals surface area contributed by atoms with Gasteiger partial charge in [-0.1, -0.05) is 46.3 Å². The predicted molar refractivity (Wildman–Crippen MR) is 172 cm³/mol. The standard InChI is InChI=1S/C34H37BrFN5O2/c35-22-9-13-40(14-10-22)19-34(11-12-34)20-43-33-38-31-28(32(39-33)41-17-23-5-6-24(18-41)37-23)8-7-27(30(31)36)29-16-25(42)15-21-3-1-2-4-26(21)29/h1-4,7-8,15-16,22-24,37,42H,5-6,9-14,17-20H2. The zero-order valence-corrected chi connectivity index (χ0v) is 25.8. The minimum absolute atomic E-state index is 0.104. The second-order valence-corrected chi connectivity index (χ2v) is 14.4. The number of benzene rings is 3. The third-order valence-electron chi connectivity index (χ3n) is 9.96. The van der Waals surface area contributed by atoms with E-state index in [1.54, 1.807) is 18.2 Å². The van der Waals surface area contributed by atoms with Gasteiger partial charge < -0.3 is 25.0 Å². The molecule has 3 aromatic carbocycles. The number of likely N-dealkylation sites (tertiary alicyclic amines) is 1. The van der Waals surface area contributed by atoms with Gasteiger partial charge in [0.25, 0.3) is 0 Å². The van der Waals surface area contributed by atoms with Crippen molar-refractivity contribution in [1.29, 1.82) is 0 Å². The number of nitrogens with zero attached hydrogens (tertiary/aromatic N) is 4. The molecule has 2 unspecified atom stereocenters. The zero-order chi connectivity index (χ0) is 29.1. The third-order valence-corrected chi connectivity index (χ3v) is 10.9. The number of rotatable bonds is 7. The molecule has 224 valence electrons. The van der Waals surface area contributed by atoms with E-state index in [0.29, 0.717) is 40.0 Å². The van der Waals surface area contributed by atoms with Gasteiger partial charge in [-0.25, -0.2) is 4.39 Å². The van der Waals surface area contributed by atoms with Gasteiger partial charge in [-0.2, -0.15) is 9.97 Å². The molecule has 4 heterocycles. The van der Waals surface area contributed by atoms with Crippen molar-refractivity contribution in [3.05, 3.63) is 54.3 Å². The number of aromatic nitrogens is 2. The van der Waals surface area contributed by atoms with Crippen molar-refractivity contribution in [2.75, 3.05) is 44.2 Å². The van der Waals surface area contributed by atoms with Crippen molar-refractivity contribution in [3.63, 3.8) is 0 Å². The van der Waals surface area contributed by atoms with Crippen molar-refractivity contribution in [3.8, 4) is 22.9 Å². The van der Waals surface area contributed by atoms with Crippen molar-refractivity contribution < 1.29 is 14.2 Å². The average molecular weight is 647 g/mol. The fraction of sp³-hybridized carbons (Fsp3) is 0.471. The van der Waals surface area contributed by atoms with E-state index in [2.05, 4.69) is 31.0 Å².